The Hall–Kier alpha value is -1.73. The molecule has 1 N–H and O–H groups in total. The van der Waals surface area contributed by atoms with Crippen molar-refractivity contribution < 1.29 is 13.6 Å². The molecule has 1 aliphatic carbocycles. The monoisotopic (exact) mass is 339 g/mol. The molecule has 0 unspecified atom stereocenters. The van der Waals surface area contributed by atoms with Crippen LogP contribution in [0.5, 0.6) is 0 Å². The van der Waals surface area contributed by atoms with E-state index in [4.69, 9.17) is 0 Å². The number of piperidine rings is 1. The lowest BCUT2D eigenvalue weighted by Gasteiger charge is -2.40. The predicted molar refractivity (Wildman–Crippen MR) is 83.7 cm³/mol. The molecule has 0 bridgehead atoms. The van der Waals surface area contributed by atoms with Gasteiger partial charge in [0.1, 0.15) is 12.4 Å². The van der Waals surface area contributed by atoms with Crippen LogP contribution in [0.3, 0.4) is 0 Å². The van der Waals surface area contributed by atoms with E-state index in [1.54, 1.807) is 0 Å². The van der Waals surface area contributed by atoms with Gasteiger partial charge < -0.3 is 10.2 Å². The number of nitrogens with zero attached hydrogens (tertiary/aromatic N) is 4. The molecule has 0 radical (unpaired) electrons. The van der Waals surface area contributed by atoms with Crippen molar-refractivity contribution in [2.24, 2.45) is 17.8 Å². The van der Waals surface area contributed by atoms with Crippen molar-refractivity contribution in [1.82, 2.24) is 19.7 Å². The van der Waals surface area contributed by atoms with Gasteiger partial charge in [-0.1, -0.05) is 6.92 Å². The number of alkyl halides is 2. The molecule has 1 amide bonds. The van der Waals surface area contributed by atoms with Gasteiger partial charge in [0, 0.05) is 25.0 Å². The second-order valence-electron chi connectivity index (χ2n) is 7.40. The van der Waals surface area contributed by atoms with E-state index in [1.807, 2.05) is 4.90 Å². The topological polar surface area (TPSA) is 63.1 Å². The second kappa shape index (κ2) is 5.97. The number of rotatable bonds is 3. The minimum Gasteiger partial charge on any atom is -0.351 e. The Balaban J connectivity index is 1.38. The first-order valence-electron chi connectivity index (χ1n) is 8.77. The van der Waals surface area contributed by atoms with Crippen LogP contribution in [0.1, 0.15) is 38.6 Å². The molecule has 24 heavy (non-hydrogen) atoms. The molecule has 1 saturated carbocycles. The third-order valence-corrected chi connectivity index (χ3v) is 5.83. The summed E-state index contributed by atoms with van der Waals surface area (Å²) in [6.45, 7) is 3.58. The van der Waals surface area contributed by atoms with E-state index in [0.29, 0.717) is 18.3 Å². The third kappa shape index (κ3) is 2.75. The maximum Gasteiger partial charge on any atom is 0.260 e. The fraction of sp³-hybridized carbons (Fsp3) is 0.812. The molecule has 4 atom stereocenters. The van der Waals surface area contributed by atoms with Crippen molar-refractivity contribution >= 4 is 11.9 Å². The summed E-state index contributed by atoms with van der Waals surface area (Å²) in [5.41, 5.74) is 0. The highest BCUT2D eigenvalue weighted by Crippen LogP contribution is 2.40. The van der Waals surface area contributed by atoms with Crippen molar-refractivity contribution in [1.29, 1.82) is 0 Å². The lowest BCUT2D eigenvalue weighted by atomic mass is 9.85. The second-order valence-corrected chi connectivity index (χ2v) is 7.40. The zero-order chi connectivity index (χ0) is 16.8. The van der Waals surface area contributed by atoms with Gasteiger partial charge in [-0.05, 0) is 37.5 Å². The van der Waals surface area contributed by atoms with Crippen LogP contribution in [0.25, 0.3) is 0 Å². The van der Waals surface area contributed by atoms with Crippen LogP contribution >= 0.6 is 0 Å². The first-order valence-corrected chi connectivity index (χ1v) is 8.77. The average Bonchev–Trinajstić information content (AvgIpc) is 3.12. The van der Waals surface area contributed by atoms with Gasteiger partial charge in [0.2, 0.25) is 11.9 Å². The Morgan fingerprint density at radius 2 is 2.04 bits per heavy atom. The smallest absolute Gasteiger partial charge is 0.260 e. The Labute approximate surface area is 139 Å². The van der Waals surface area contributed by atoms with Crippen LogP contribution in [-0.2, 0) is 4.79 Å². The molecule has 1 saturated heterocycles. The maximum atomic E-state index is 13.3. The molecular weight excluding hydrogens is 316 g/mol. The van der Waals surface area contributed by atoms with E-state index < -0.39 is 12.5 Å². The Kier molecular flexibility index (Phi) is 3.92. The SMILES string of the molecule is C[C@H]1C[C@H]1C(=O)N1CCC([C@@H]2C[C@H](C(F)F)n3ncnc3N2)CC1. The normalized spacial score (nSPS) is 33.2. The highest BCUT2D eigenvalue weighted by molar-refractivity contribution is 5.81. The molecule has 8 heteroatoms. The summed E-state index contributed by atoms with van der Waals surface area (Å²) in [6.07, 6.45) is 1.94. The third-order valence-electron chi connectivity index (χ3n) is 5.83. The van der Waals surface area contributed by atoms with Gasteiger partial charge in [0.25, 0.3) is 6.43 Å². The Bertz CT molecular complexity index is 613. The molecule has 6 nitrogen and oxygen atoms in total. The van der Waals surface area contributed by atoms with E-state index in [1.165, 1.54) is 11.0 Å². The van der Waals surface area contributed by atoms with Crippen LogP contribution in [-0.4, -0.2) is 51.1 Å². The van der Waals surface area contributed by atoms with E-state index in [-0.39, 0.29) is 23.8 Å². The number of likely N-dealkylation sites (tertiary alicyclic amines) is 1. The summed E-state index contributed by atoms with van der Waals surface area (Å²) >= 11 is 0. The molecule has 132 valence electrons. The highest BCUT2D eigenvalue weighted by atomic mass is 19.3. The van der Waals surface area contributed by atoms with Crippen LogP contribution in [0.2, 0.25) is 0 Å². The van der Waals surface area contributed by atoms with Crippen molar-refractivity contribution in [3.63, 3.8) is 0 Å². The van der Waals surface area contributed by atoms with Gasteiger partial charge in [0.15, 0.2) is 0 Å². The number of anilines is 1. The van der Waals surface area contributed by atoms with Crippen LogP contribution in [0, 0.1) is 17.8 Å². The summed E-state index contributed by atoms with van der Waals surface area (Å²) in [7, 11) is 0. The molecular formula is C16H23F2N5O. The zero-order valence-electron chi connectivity index (χ0n) is 13.7. The van der Waals surface area contributed by atoms with Gasteiger partial charge >= 0.3 is 0 Å². The van der Waals surface area contributed by atoms with Crippen LogP contribution in [0.15, 0.2) is 6.33 Å². The number of fused-ring (bicyclic) bond motifs is 1. The van der Waals surface area contributed by atoms with E-state index in [9.17, 15) is 13.6 Å². The number of aromatic nitrogens is 3. The maximum absolute atomic E-state index is 13.3. The molecule has 0 spiro atoms. The van der Waals surface area contributed by atoms with Crippen molar-refractivity contribution in [2.45, 2.75) is 51.1 Å². The first-order chi connectivity index (χ1) is 11.5. The number of hydrogen-bond acceptors (Lipinski definition) is 4. The minimum absolute atomic E-state index is 0.0298. The summed E-state index contributed by atoms with van der Waals surface area (Å²) in [5.74, 6) is 1.74. The van der Waals surface area contributed by atoms with E-state index in [2.05, 4.69) is 22.3 Å². The lowest BCUT2D eigenvalue weighted by molar-refractivity contribution is -0.134. The van der Waals surface area contributed by atoms with E-state index >= 15 is 0 Å². The fourth-order valence-electron chi connectivity index (χ4n) is 4.12. The van der Waals surface area contributed by atoms with Gasteiger partial charge in [0.05, 0.1) is 0 Å². The van der Waals surface area contributed by atoms with E-state index in [0.717, 1.165) is 32.4 Å². The van der Waals surface area contributed by atoms with Crippen molar-refractivity contribution in [3.8, 4) is 0 Å². The standard InChI is InChI=1S/C16H23F2N5O/c1-9-6-11(9)15(24)22-4-2-10(3-5-22)12-7-13(14(17)18)23-16(21-12)19-8-20-23/h8-14H,2-7H2,1H3,(H,19,20,21)/t9-,11+,12-,13+/m0/s1. The number of carbonyl (C=O) groups excluding carboxylic acids is 1. The average molecular weight is 339 g/mol. The lowest BCUT2D eigenvalue weighted by Crippen LogP contribution is -2.46. The fourth-order valence-corrected chi connectivity index (χ4v) is 4.12. The summed E-state index contributed by atoms with van der Waals surface area (Å²) < 4.78 is 28.0. The quantitative estimate of drug-likeness (QED) is 0.917. The summed E-state index contributed by atoms with van der Waals surface area (Å²) in [4.78, 5) is 18.3. The number of carbonyl (C=O) groups is 1. The molecule has 3 aliphatic rings. The molecule has 2 fully saturated rings. The molecule has 1 aromatic heterocycles. The minimum atomic E-state index is -2.45. The Morgan fingerprint density at radius 3 is 2.67 bits per heavy atom. The number of nitrogens with one attached hydrogen (secondary N) is 1. The number of halogens is 2. The molecule has 1 aromatic rings. The van der Waals surface area contributed by atoms with Gasteiger partial charge in [-0.2, -0.15) is 10.1 Å². The predicted octanol–water partition coefficient (Wildman–Crippen LogP) is 2.16. The highest BCUT2D eigenvalue weighted by Gasteiger charge is 2.43. The number of amides is 1. The van der Waals surface area contributed by atoms with Crippen LogP contribution < -0.4 is 5.32 Å². The summed E-state index contributed by atoms with van der Waals surface area (Å²) in [6, 6.07) is -0.946. The molecule has 3 heterocycles. The van der Waals surface area contributed by atoms with Crippen LogP contribution in [0.4, 0.5) is 14.7 Å². The van der Waals surface area contributed by atoms with Gasteiger partial charge in [-0.3, -0.25) is 4.79 Å². The van der Waals surface area contributed by atoms with Crippen molar-refractivity contribution in [2.75, 3.05) is 18.4 Å². The number of hydrogen-bond donors (Lipinski definition) is 1. The van der Waals surface area contributed by atoms with Gasteiger partial charge in [-0.15, -0.1) is 0 Å². The summed E-state index contributed by atoms with van der Waals surface area (Å²) in [5, 5.41) is 7.19. The molecule has 2 aliphatic heterocycles. The zero-order valence-corrected chi connectivity index (χ0v) is 13.7. The Morgan fingerprint density at radius 1 is 1.33 bits per heavy atom. The molecule has 4 rings (SSSR count). The largest absolute Gasteiger partial charge is 0.351 e. The molecule has 0 aromatic carbocycles. The first kappa shape index (κ1) is 15.8. The van der Waals surface area contributed by atoms with Gasteiger partial charge in [-0.25, -0.2) is 13.5 Å². The van der Waals surface area contributed by atoms with Crippen molar-refractivity contribution in [3.05, 3.63) is 6.33 Å².